The van der Waals surface area contributed by atoms with Crippen molar-refractivity contribution in [1.82, 2.24) is 14.5 Å². The van der Waals surface area contributed by atoms with E-state index in [0.29, 0.717) is 17.5 Å². The molecule has 0 amide bonds. The van der Waals surface area contributed by atoms with Crippen LogP contribution in [0.25, 0.3) is 0 Å². The first-order valence-electron chi connectivity index (χ1n) is 9.21. The molecule has 1 aromatic heterocycles. The first kappa shape index (κ1) is 18.4. The predicted octanol–water partition coefficient (Wildman–Crippen LogP) is 2.46. The van der Waals surface area contributed by atoms with Crippen molar-refractivity contribution < 1.29 is 22.3 Å². The van der Waals surface area contributed by atoms with Gasteiger partial charge in [0.05, 0.1) is 17.6 Å². The standard InChI is InChI=1S/C18H23N3O5S/c1-13-19-20-18(25-13)17-12-21(10-11-24-17)27(22,23)16-8-6-15(7-9-16)26-14-4-2-3-5-14/h6-9,14,17H,2-5,10-12H2,1H3. The van der Waals surface area contributed by atoms with Crippen molar-refractivity contribution in [3.8, 4) is 5.75 Å². The minimum atomic E-state index is -3.63. The van der Waals surface area contributed by atoms with Gasteiger partial charge in [-0.1, -0.05) is 0 Å². The van der Waals surface area contributed by atoms with Gasteiger partial charge in [0.2, 0.25) is 21.8 Å². The lowest BCUT2D eigenvalue weighted by Crippen LogP contribution is -2.42. The lowest BCUT2D eigenvalue weighted by atomic mass is 10.3. The summed E-state index contributed by atoms with van der Waals surface area (Å²) in [4.78, 5) is 0.239. The Hall–Kier alpha value is -1.97. The van der Waals surface area contributed by atoms with Gasteiger partial charge in [0.25, 0.3) is 0 Å². The SMILES string of the molecule is Cc1nnc(C2CN(S(=O)(=O)c3ccc(OC4CCCC4)cc3)CCO2)o1. The first-order chi connectivity index (χ1) is 13.0. The molecule has 8 nitrogen and oxygen atoms in total. The van der Waals surface area contributed by atoms with Gasteiger partial charge in [-0.25, -0.2) is 8.42 Å². The number of aromatic nitrogens is 2. The van der Waals surface area contributed by atoms with Crippen molar-refractivity contribution in [2.45, 2.75) is 49.7 Å². The van der Waals surface area contributed by atoms with Crippen LogP contribution in [0.5, 0.6) is 5.75 Å². The molecule has 2 aliphatic rings. The van der Waals surface area contributed by atoms with Crippen LogP contribution in [0.1, 0.15) is 43.6 Å². The van der Waals surface area contributed by atoms with Gasteiger partial charge in [0, 0.05) is 20.0 Å². The Morgan fingerprint density at radius 3 is 2.56 bits per heavy atom. The number of ether oxygens (including phenoxy) is 2. The molecule has 1 unspecified atom stereocenters. The zero-order valence-corrected chi connectivity index (χ0v) is 16.0. The van der Waals surface area contributed by atoms with Crippen molar-refractivity contribution in [3.05, 3.63) is 36.0 Å². The molecule has 1 atom stereocenters. The first-order valence-corrected chi connectivity index (χ1v) is 10.6. The molecule has 0 bridgehead atoms. The molecule has 0 spiro atoms. The quantitative estimate of drug-likeness (QED) is 0.770. The van der Waals surface area contributed by atoms with Crippen molar-refractivity contribution >= 4 is 10.0 Å². The van der Waals surface area contributed by atoms with E-state index in [1.807, 2.05) is 0 Å². The van der Waals surface area contributed by atoms with Gasteiger partial charge in [-0.2, -0.15) is 4.31 Å². The third-order valence-corrected chi connectivity index (χ3v) is 6.79. The molecule has 0 N–H and O–H groups in total. The molecule has 9 heteroatoms. The molecule has 1 aliphatic carbocycles. The van der Waals surface area contributed by atoms with Crippen molar-refractivity contribution in [1.29, 1.82) is 0 Å². The number of benzene rings is 1. The number of nitrogens with zero attached hydrogens (tertiary/aromatic N) is 3. The molecule has 2 fully saturated rings. The third-order valence-electron chi connectivity index (χ3n) is 4.91. The van der Waals surface area contributed by atoms with E-state index in [9.17, 15) is 8.42 Å². The Morgan fingerprint density at radius 2 is 1.89 bits per heavy atom. The van der Waals surface area contributed by atoms with Crippen molar-refractivity contribution in [3.63, 3.8) is 0 Å². The summed E-state index contributed by atoms with van der Waals surface area (Å²) in [6, 6.07) is 6.65. The fourth-order valence-corrected chi connectivity index (χ4v) is 4.90. The molecule has 146 valence electrons. The number of hydrogen-bond donors (Lipinski definition) is 0. The third kappa shape index (κ3) is 3.99. The van der Waals surface area contributed by atoms with Crippen LogP contribution < -0.4 is 4.74 Å². The number of hydrogen-bond acceptors (Lipinski definition) is 7. The second kappa shape index (κ2) is 7.57. The highest BCUT2D eigenvalue weighted by Gasteiger charge is 2.34. The minimum absolute atomic E-state index is 0.143. The Kier molecular flexibility index (Phi) is 5.16. The molecular formula is C18H23N3O5S. The number of morpholine rings is 1. The topological polar surface area (TPSA) is 94.8 Å². The Labute approximate surface area is 158 Å². The fourth-order valence-electron chi connectivity index (χ4n) is 3.47. The van der Waals surface area contributed by atoms with Crippen LogP contribution in [-0.2, 0) is 14.8 Å². The van der Waals surface area contributed by atoms with E-state index in [-0.39, 0.29) is 30.7 Å². The lowest BCUT2D eigenvalue weighted by Gasteiger charge is -2.30. The average Bonchev–Trinajstić information content (AvgIpc) is 3.34. The highest BCUT2D eigenvalue weighted by molar-refractivity contribution is 7.89. The van der Waals surface area contributed by atoms with Crippen molar-refractivity contribution in [2.24, 2.45) is 0 Å². The number of aryl methyl sites for hydroxylation is 1. The van der Waals surface area contributed by atoms with Gasteiger partial charge in [0.1, 0.15) is 11.9 Å². The molecule has 1 aliphatic heterocycles. The zero-order valence-electron chi connectivity index (χ0n) is 15.2. The van der Waals surface area contributed by atoms with Crippen LogP contribution in [0.3, 0.4) is 0 Å². The Balaban J connectivity index is 1.46. The highest BCUT2D eigenvalue weighted by Crippen LogP contribution is 2.28. The summed E-state index contributed by atoms with van der Waals surface area (Å²) in [6.45, 7) is 2.38. The van der Waals surface area contributed by atoms with Gasteiger partial charge < -0.3 is 13.9 Å². The van der Waals surface area contributed by atoms with Gasteiger partial charge in [-0.05, 0) is 49.9 Å². The van der Waals surface area contributed by atoms with E-state index in [1.54, 1.807) is 31.2 Å². The summed E-state index contributed by atoms with van der Waals surface area (Å²) in [6.07, 6.45) is 4.18. The zero-order chi connectivity index (χ0) is 18.9. The Morgan fingerprint density at radius 1 is 1.15 bits per heavy atom. The Bertz CT molecular complexity index is 875. The van der Waals surface area contributed by atoms with Crippen LogP contribution in [-0.4, -0.2) is 48.7 Å². The maximum atomic E-state index is 13.0. The van der Waals surface area contributed by atoms with Crippen molar-refractivity contribution in [2.75, 3.05) is 19.7 Å². The van der Waals surface area contributed by atoms with E-state index < -0.39 is 16.1 Å². The van der Waals surface area contributed by atoms with Gasteiger partial charge in [-0.3, -0.25) is 0 Å². The van der Waals surface area contributed by atoms with E-state index in [2.05, 4.69) is 10.2 Å². The lowest BCUT2D eigenvalue weighted by molar-refractivity contribution is -0.0176. The summed E-state index contributed by atoms with van der Waals surface area (Å²) < 4.78 is 44.3. The maximum absolute atomic E-state index is 13.0. The molecule has 27 heavy (non-hydrogen) atoms. The highest BCUT2D eigenvalue weighted by atomic mass is 32.2. The maximum Gasteiger partial charge on any atom is 0.246 e. The largest absolute Gasteiger partial charge is 0.490 e. The van der Waals surface area contributed by atoms with Gasteiger partial charge in [0.15, 0.2) is 0 Å². The fraction of sp³-hybridized carbons (Fsp3) is 0.556. The second-order valence-corrected chi connectivity index (χ2v) is 8.82. The summed E-state index contributed by atoms with van der Waals surface area (Å²) in [7, 11) is -3.63. The van der Waals surface area contributed by atoms with Crippen LogP contribution in [0.15, 0.2) is 33.6 Å². The monoisotopic (exact) mass is 393 g/mol. The van der Waals surface area contributed by atoms with E-state index in [4.69, 9.17) is 13.9 Å². The van der Waals surface area contributed by atoms with Crippen LogP contribution in [0, 0.1) is 6.92 Å². The van der Waals surface area contributed by atoms with Crippen LogP contribution in [0.4, 0.5) is 0 Å². The van der Waals surface area contributed by atoms with E-state index in [1.165, 1.54) is 17.1 Å². The smallest absolute Gasteiger partial charge is 0.246 e. The summed E-state index contributed by atoms with van der Waals surface area (Å²) in [5.74, 6) is 1.43. The summed E-state index contributed by atoms with van der Waals surface area (Å²) in [5, 5.41) is 7.72. The van der Waals surface area contributed by atoms with E-state index in [0.717, 1.165) is 12.8 Å². The molecule has 2 aromatic rings. The van der Waals surface area contributed by atoms with E-state index >= 15 is 0 Å². The molecular weight excluding hydrogens is 370 g/mol. The predicted molar refractivity (Wildman–Crippen MR) is 95.8 cm³/mol. The number of rotatable bonds is 5. The van der Waals surface area contributed by atoms with Gasteiger partial charge in [-0.15, -0.1) is 10.2 Å². The molecule has 0 radical (unpaired) electrons. The molecule has 1 aromatic carbocycles. The van der Waals surface area contributed by atoms with Crippen LogP contribution >= 0.6 is 0 Å². The summed E-state index contributed by atoms with van der Waals surface area (Å²) in [5.41, 5.74) is 0. The molecule has 2 heterocycles. The molecule has 1 saturated carbocycles. The number of sulfonamides is 1. The van der Waals surface area contributed by atoms with Crippen LogP contribution in [0.2, 0.25) is 0 Å². The molecule has 4 rings (SSSR count). The minimum Gasteiger partial charge on any atom is -0.490 e. The second-order valence-electron chi connectivity index (χ2n) is 6.88. The van der Waals surface area contributed by atoms with Gasteiger partial charge >= 0.3 is 0 Å². The average molecular weight is 393 g/mol. The normalized spacial score (nSPS) is 22.2. The molecule has 1 saturated heterocycles. The summed E-state index contributed by atoms with van der Waals surface area (Å²) >= 11 is 0.